The van der Waals surface area contributed by atoms with Crippen LogP contribution in [0.3, 0.4) is 0 Å². The number of hydrogen-bond donors (Lipinski definition) is 0. The number of likely N-dealkylation sites (tertiary alicyclic amines) is 1. The first-order chi connectivity index (χ1) is 8.88. The van der Waals surface area contributed by atoms with Crippen LogP contribution in [0.15, 0.2) is 0 Å². The molecule has 0 aromatic heterocycles. The summed E-state index contributed by atoms with van der Waals surface area (Å²) in [6.07, 6.45) is 15.7. The standard InChI is InChI=1S/C16H32BrN/c1-2-3-4-5-6-7-9-14-18-15-10-8-11-16(18)12-13-17/h16H,2-15H2,1H3. The Morgan fingerprint density at radius 2 is 1.72 bits per heavy atom. The first-order valence-corrected chi connectivity index (χ1v) is 9.30. The molecule has 0 aliphatic carbocycles. The van der Waals surface area contributed by atoms with Crippen molar-refractivity contribution in [2.45, 2.75) is 83.6 Å². The molecule has 1 aliphatic rings. The van der Waals surface area contributed by atoms with Crippen molar-refractivity contribution in [3.63, 3.8) is 0 Å². The van der Waals surface area contributed by atoms with E-state index in [0.29, 0.717) is 0 Å². The Kier molecular flexibility index (Phi) is 10.3. The summed E-state index contributed by atoms with van der Waals surface area (Å²) in [4.78, 5) is 2.76. The highest BCUT2D eigenvalue weighted by molar-refractivity contribution is 9.09. The van der Waals surface area contributed by atoms with Crippen LogP contribution in [0.5, 0.6) is 0 Å². The molecule has 1 saturated heterocycles. The Labute approximate surface area is 123 Å². The van der Waals surface area contributed by atoms with E-state index >= 15 is 0 Å². The highest BCUT2D eigenvalue weighted by atomic mass is 79.9. The van der Waals surface area contributed by atoms with Crippen LogP contribution in [0, 0.1) is 0 Å². The molecular formula is C16H32BrN. The fourth-order valence-electron chi connectivity index (χ4n) is 3.08. The molecule has 0 N–H and O–H groups in total. The molecule has 1 unspecified atom stereocenters. The molecule has 0 radical (unpaired) electrons. The van der Waals surface area contributed by atoms with Crippen molar-refractivity contribution in [2.75, 3.05) is 18.4 Å². The zero-order chi connectivity index (χ0) is 13.1. The van der Waals surface area contributed by atoms with Crippen molar-refractivity contribution in [2.24, 2.45) is 0 Å². The monoisotopic (exact) mass is 317 g/mol. The highest BCUT2D eigenvalue weighted by Crippen LogP contribution is 2.21. The van der Waals surface area contributed by atoms with Crippen molar-refractivity contribution in [1.29, 1.82) is 0 Å². The lowest BCUT2D eigenvalue weighted by atomic mass is 9.99. The fourth-order valence-corrected chi connectivity index (χ4v) is 3.61. The van der Waals surface area contributed by atoms with E-state index in [1.807, 2.05) is 0 Å². The number of rotatable bonds is 10. The molecule has 1 fully saturated rings. The van der Waals surface area contributed by atoms with Crippen molar-refractivity contribution in [3.8, 4) is 0 Å². The van der Waals surface area contributed by atoms with Gasteiger partial charge in [-0.15, -0.1) is 0 Å². The summed E-state index contributed by atoms with van der Waals surface area (Å²) in [5.41, 5.74) is 0. The third-order valence-corrected chi connectivity index (χ3v) is 4.70. The minimum atomic E-state index is 0.873. The topological polar surface area (TPSA) is 3.24 Å². The van der Waals surface area contributed by atoms with E-state index in [1.165, 1.54) is 89.0 Å². The third kappa shape index (κ3) is 7.13. The van der Waals surface area contributed by atoms with Crippen LogP contribution in [0.2, 0.25) is 0 Å². The maximum Gasteiger partial charge on any atom is 0.0103 e. The second-order valence-electron chi connectivity index (χ2n) is 5.78. The fraction of sp³-hybridized carbons (Fsp3) is 1.00. The molecule has 1 atom stereocenters. The largest absolute Gasteiger partial charge is 0.300 e. The summed E-state index contributed by atoms with van der Waals surface area (Å²) in [5.74, 6) is 0. The Balaban J connectivity index is 2.02. The molecule has 1 rings (SSSR count). The summed E-state index contributed by atoms with van der Waals surface area (Å²) >= 11 is 3.60. The SMILES string of the molecule is CCCCCCCCCN1CCCCC1CCBr. The first kappa shape index (κ1) is 16.5. The second-order valence-corrected chi connectivity index (χ2v) is 6.58. The molecular weight excluding hydrogens is 286 g/mol. The molecule has 108 valence electrons. The summed E-state index contributed by atoms with van der Waals surface area (Å²) in [6.45, 7) is 5.00. The Morgan fingerprint density at radius 1 is 1.00 bits per heavy atom. The third-order valence-electron chi connectivity index (χ3n) is 4.24. The van der Waals surface area contributed by atoms with Gasteiger partial charge < -0.3 is 4.90 Å². The maximum atomic E-state index is 3.60. The highest BCUT2D eigenvalue weighted by Gasteiger charge is 2.20. The molecule has 0 bridgehead atoms. The van der Waals surface area contributed by atoms with E-state index in [-0.39, 0.29) is 0 Å². The molecule has 0 spiro atoms. The zero-order valence-electron chi connectivity index (χ0n) is 12.3. The molecule has 1 aliphatic heterocycles. The van der Waals surface area contributed by atoms with Gasteiger partial charge in [0.1, 0.15) is 0 Å². The van der Waals surface area contributed by atoms with Crippen molar-refractivity contribution in [1.82, 2.24) is 4.90 Å². The van der Waals surface area contributed by atoms with Gasteiger partial charge in [-0.2, -0.15) is 0 Å². The molecule has 2 heteroatoms. The van der Waals surface area contributed by atoms with Crippen LogP contribution in [-0.4, -0.2) is 29.4 Å². The van der Waals surface area contributed by atoms with Gasteiger partial charge in [0.25, 0.3) is 0 Å². The van der Waals surface area contributed by atoms with Gasteiger partial charge in [0.05, 0.1) is 0 Å². The van der Waals surface area contributed by atoms with Crippen molar-refractivity contribution in [3.05, 3.63) is 0 Å². The smallest absolute Gasteiger partial charge is 0.0103 e. The number of nitrogens with zero attached hydrogens (tertiary/aromatic N) is 1. The number of alkyl halides is 1. The molecule has 0 aromatic carbocycles. The average Bonchev–Trinajstić information content (AvgIpc) is 2.40. The van der Waals surface area contributed by atoms with Crippen molar-refractivity contribution >= 4 is 15.9 Å². The summed E-state index contributed by atoms with van der Waals surface area (Å²) in [6, 6.07) is 0.873. The van der Waals surface area contributed by atoms with E-state index in [4.69, 9.17) is 0 Å². The van der Waals surface area contributed by atoms with Crippen LogP contribution in [0.4, 0.5) is 0 Å². The predicted octanol–water partition coefficient (Wildman–Crippen LogP) is 5.38. The van der Waals surface area contributed by atoms with E-state index in [2.05, 4.69) is 27.8 Å². The average molecular weight is 318 g/mol. The Morgan fingerprint density at radius 3 is 2.44 bits per heavy atom. The Bertz CT molecular complexity index is 182. The summed E-state index contributed by atoms with van der Waals surface area (Å²) < 4.78 is 0. The minimum Gasteiger partial charge on any atom is -0.300 e. The lowest BCUT2D eigenvalue weighted by Crippen LogP contribution is -2.40. The van der Waals surface area contributed by atoms with Gasteiger partial charge in [-0.3, -0.25) is 0 Å². The van der Waals surface area contributed by atoms with E-state index < -0.39 is 0 Å². The first-order valence-electron chi connectivity index (χ1n) is 8.18. The predicted molar refractivity (Wildman–Crippen MR) is 85.6 cm³/mol. The molecule has 18 heavy (non-hydrogen) atoms. The number of unbranched alkanes of at least 4 members (excludes halogenated alkanes) is 6. The lowest BCUT2D eigenvalue weighted by Gasteiger charge is -2.35. The number of piperidine rings is 1. The van der Waals surface area contributed by atoms with Gasteiger partial charge in [0, 0.05) is 11.4 Å². The van der Waals surface area contributed by atoms with Crippen LogP contribution in [-0.2, 0) is 0 Å². The minimum absolute atomic E-state index is 0.873. The van der Waals surface area contributed by atoms with Gasteiger partial charge in [-0.1, -0.05) is 67.8 Å². The number of hydrogen-bond acceptors (Lipinski definition) is 1. The normalized spacial score (nSPS) is 21.3. The van der Waals surface area contributed by atoms with Crippen LogP contribution in [0.1, 0.15) is 77.6 Å². The summed E-state index contributed by atoms with van der Waals surface area (Å²) in [7, 11) is 0. The number of halogens is 1. The van der Waals surface area contributed by atoms with Crippen LogP contribution >= 0.6 is 15.9 Å². The zero-order valence-corrected chi connectivity index (χ0v) is 13.9. The lowest BCUT2D eigenvalue weighted by molar-refractivity contribution is 0.142. The van der Waals surface area contributed by atoms with Gasteiger partial charge in [0.15, 0.2) is 0 Å². The summed E-state index contributed by atoms with van der Waals surface area (Å²) in [5, 5.41) is 1.17. The van der Waals surface area contributed by atoms with Gasteiger partial charge >= 0.3 is 0 Å². The molecule has 0 amide bonds. The van der Waals surface area contributed by atoms with E-state index in [0.717, 1.165) is 6.04 Å². The van der Waals surface area contributed by atoms with Gasteiger partial charge in [-0.25, -0.2) is 0 Å². The quantitative estimate of drug-likeness (QED) is 0.386. The van der Waals surface area contributed by atoms with Crippen LogP contribution < -0.4 is 0 Å². The van der Waals surface area contributed by atoms with Crippen LogP contribution in [0.25, 0.3) is 0 Å². The molecule has 0 saturated carbocycles. The Hall–Kier alpha value is 0.440. The van der Waals surface area contributed by atoms with Gasteiger partial charge in [0.2, 0.25) is 0 Å². The maximum absolute atomic E-state index is 3.60. The van der Waals surface area contributed by atoms with E-state index in [9.17, 15) is 0 Å². The van der Waals surface area contributed by atoms with Gasteiger partial charge in [-0.05, 0) is 38.8 Å². The van der Waals surface area contributed by atoms with E-state index in [1.54, 1.807) is 0 Å². The molecule has 0 aromatic rings. The molecule has 1 nitrogen and oxygen atoms in total. The second kappa shape index (κ2) is 11.3. The van der Waals surface area contributed by atoms with Crippen molar-refractivity contribution < 1.29 is 0 Å². The molecule has 1 heterocycles.